The number of likely N-dealkylation sites (N-methyl/N-ethyl adjacent to an activating group) is 1. The van der Waals surface area contributed by atoms with E-state index < -0.39 is 5.60 Å². The Morgan fingerprint density at radius 2 is 2.11 bits per heavy atom. The molecule has 1 rings (SSSR count). The molecule has 0 aliphatic rings. The summed E-state index contributed by atoms with van der Waals surface area (Å²) in [6.07, 6.45) is 0. The fraction of sp³-hybridized carbons (Fsp3) is 0.462. The zero-order valence-electron chi connectivity index (χ0n) is 10.9. The van der Waals surface area contributed by atoms with Crippen molar-refractivity contribution in [3.05, 3.63) is 34.3 Å². The molecule has 0 aliphatic carbocycles. The highest BCUT2D eigenvalue weighted by molar-refractivity contribution is 7.80. The SMILES string of the molecule is CN(Cc1ccc(C(N)=S)cc1Cl)CC(C)(C)O. The first-order valence-corrected chi connectivity index (χ1v) is 6.47. The molecular weight excluding hydrogens is 268 g/mol. The van der Waals surface area contributed by atoms with Gasteiger partial charge in [-0.3, -0.25) is 4.90 Å². The molecule has 100 valence electrons. The van der Waals surface area contributed by atoms with Crippen LogP contribution < -0.4 is 5.73 Å². The van der Waals surface area contributed by atoms with Gasteiger partial charge in [-0.05, 0) is 32.5 Å². The number of halogens is 1. The monoisotopic (exact) mass is 286 g/mol. The van der Waals surface area contributed by atoms with Gasteiger partial charge in [0, 0.05) is 23.7 Å². The van der Waals surface area contributed by atoms with Crippen LogP contribution in [0.25, 0.3) is 0 Å². The molecule has 0 aromatic heterocycles. The van der Waals surface area contributed by atoms with E-state index >= 15 is 0 Å². The predicted octanol–water partition coefficient (Wildman–Crippen LogP) is 2.18. The summed E-state index contributed by atoms with van der Waals surface area (Å²) in [6, 6.07) is 5.55. The van der Waals surface area contributed by atoms with Crippen LogP contribution in [-0.2, 0) is 6.54 Å². The maximum Gasteiger partial charge on any atom is 0.104 e. The van der Waals surface area contributed by atoms with E-state index in [0.717, 1.165) is 11.1 Å². The molecule has 5 heteroatoms. The van der Waals surface area contributed by atoms with Gasteiger partial charge in [-0.2, -0.15) is 0 Å². The van der Waals surface area contributed by atoms with Gasteiger partial charge < -0.3 is 10.8 Å². The fourth-order valence-electron chi connectivity index (χ4n) is 1.84. The number of nitrogens with zero attached hydrogens (tertiary/aromatic N) is 1. The average Bonchev–Trinajstić information content (AvgIpc) is 2.17. The number of rotatable bonds is 5. The van der Waals surface area contributed by atoms with Crippen molar-refractivity contribution in [2.75, 3.05) is 13.6 Å². The van der Waals surface area contributed by atoms with Crippen LogP contribution in [0.5, 0.6) is 0 Å². The summed E-state index contributed by atoms with van der Waals surface area (Å²) in [6.45, 7) is 4.79. The number of nitrogens with two attached hydrogens (primary N) is 1. The molecule has 0 aliphatic heterocycles. The smallest absolute Gasteiger partial charge is 0.104 e. The second kappa shape index (κ2) is 5.97. The van der Waals surface area contributed by atoms with Gasteiger partial charge in [0.05, 0.1) is 5.60 Å². The molecule has 0 spiro atoms. The Hall–Kier alpha value is -0.680. The highest BCUT2D eigenvalue weighted by Gasteiger charge is 2.16. The topological polar surface area (TPSA) is 49.5 Å². The minimum atomic E-state index is -0.722. The fourth-order valence-corrected chi connectivity index (χ4v) is 2.20. The molecule has 0 saturated heterocycles. The quantitative estimate of drug-likeness (QED) is 0.815. The summed E-state index contributed by atoms with van der Waals surface area (Å²) in [7, 11) is 1.94. The lowest BCUT2D eigenvalue weighted by molar-refractivity contribution is 0.0425. The molecule has 0 fully saturated rings. The first kappa shape index (κ1) is 15.4. The Balaban J connectivity index is 2.77. The molecule has 18 heavy (non-hydrogen) atoms. The third-order valence-electron chi connectivity index (χ3n) is 2.43. The molecule has 0 heterocycles. The molecule has 0 unspecified atom stereocenters. The van der Waals surface area contributed by atoms with Crippen molar-refractivity contribution in [1.82, 2.24) is 4.90 Å². The van der Waals surface area contributed by atoms with Gasteiger partial charge in [-0.1, -0.05) is 36.0 Å². The Labute approximate surface area is 119 Å². The first-order chi connectivity index (χ1) is 8.19. The molecule has 0 atom stereocenters. The van der Waals surface area contributed by atoms with E-state index in [9.17, 15) is 5.11 Å². The van der Waals surface area contributed by atoms with Crippen LogP contribution in [0.15, 0.2) is 18.2 Å². The van der Waals surface area contributed by atoms with Gasteiger partial charge in [0.25, 0.3) is 0 Å². The van der Waals surface area contributed by atoms with Crippen LogP contribution in [0.4, 0.5) is 0 Å². The average molecular weight is 287 g/mol. The molecule has 0 radical (unpaired) electrons. The molecule has 0 saturated carbocycles. The lowest BCUT2D eigenvalue weighted by atomic mass is 10.1. The van der Waals surface area contributed by atoms with Crippen LogP contribution in [0.3, 0.4) is 0 Å². The summed E-state index contributed by atoms with van der Waals surface area (Å²) in [4.78, 5) is 2.36. The van der Waals surface area contributed by atoms with Gasteiger partial charge in [-0.15, -0.1) is 0 Å². The highest BCUT2D eigenvalue weighted by atomic mass is 35.5. The van der Waals surface area contributed by atoms with Crippen LogP contribution in [-0.4, -0.2) is 34.2 Å². The highest BCUT2D eigenvalue weighted by Crippen LogP contribution is 2.20. The first-order valence-electron chi connectivity index (χ1n) is 5.68. The second-order valence-electron chi connectivity index (χ2n) is 5.16. The van der Waals surface area contributed by atoms with Crippen molar-refractivity contribution in [3.63, 3.8) is 0 Å². The Bertz CT molecular complexity index is 443. The van der Waals surface area contributed by atoms with Crippen molar-refractivity contribution in [1.29, 1.82) is 0 Å². The molecule has 0 amide bonds. The van der Waals surface area contributed by atoms with E-state index in [4.69, 9.17) is 29.6 Å². The van der Waals surface area contributed by atoms with Crippen molar-refractivity contribution >= 4 is 28.8 Å². The lowest BCUT2D eigenvalue weighted by Gasteiger charge is -2.25. The van der Waals surface area contributed by atoms with E-state index in [1.54, 1.807) is 19.9 Å². The Kier molecular flexibility index (Phi) is 5.10. The molecular formula is C13H19ClN2OS. The van der Waals surface area contributed by atoms with Gasteiger partial charge in [0.1, 0.15) is 4.99 Å². The molecule has 3 N–H and O–H groups in total. The lowest BCUT2D eigenvalue weighted by Crippen LogP contribution is -2.35. The minimum absolute atomic E-state index is 0.341. The van der Waals surface area contributed by atoms with Crippen molar-refractivity contribution < 1.29 is 5.11 Å². The summed E-state index contributed by atoms with van der Waals surface area (Å²) in [5.74, 6) is 0. The van der Waals surface area contributed by atoms with E-state index in [1.165, 1.54) is 0 Å². The van der Waals surface area contributed by atoms with Gasteiger partial charge in [-0.25, -0.2) is 0 Å². The standard InChI is InChI=1S/C13H19ClN2OS/c1-13(2,17)8-16(3)7-10-5-4-9(12(15)18)6-11(10)14/h4-6,17H,7-8H2,1-3H3,(H2,15,18). The van der Waals surface area contributed by atoms with E-state index in [1.807, 2.05) is 24.1 Å². The number of hydrogen-bond acceptors (Lipinski definition) is 3. The predicted molar refractivity (Wildman–Crippen MR) is 80.0 cm³/mol. The third kappa shape index (κ3) is 4.90. The van der Waals surface area contributed by atoms with Crippen molar-refractivity contribution in [2.45, 2.75) is 26.0 Å². The van der Waals surface area contributed by atoms with E-state index in [0.29, 0.717) is 23.1 Å². The minimum Gasteiger partial charge on any atom is -0.389 e. The maximum absolute atomic E-state index is 9.74. The molecule has 1 aromatic rings. The second-order valence-corrected chi connectivity index (χ2v) is 6.00. The number of aliphatic hydroxyl groups is 1. The van der Waals surface area contributed by atoms with Gasteiger partial charge in [0.2, 0.25) is 0 Å². The van der Waals surface area contributed by atoms with E-state index in [2.05, 4.69) is 0 Å². The maximum atomic E-state index is 9.74. The zero-order valence-corrected chi connectivity index (χ0v) is 12.5. The normalized spacial score (nSPS) is 11.9. The van der Waals surface area contributed by atoms with Crippen LogP contribution in [0.2, 0.25) is 5.02 Å². The van der Waals surface area contributed by atoms with Crippen LogP contribution in [0, 0.1) is 0 Å². The van der Waals surface area contributed by atoms with Crippen LogP contribution >= 0.6 is 23.8 Å². The third-order valence-corrected chi connectivity index (χ3v) is 3.02. The summed E-state index contributed by atoms with van der Waals surface area (Å²) in [5, 5.41) is 10.4. The summed E-state index contributed by atoms with van der Waals surface area (Å²) in [5.41, 5.74) is 6.58. The van der Waals surface area contributed by atoms with Gasteiger partial charge in [0.15, 0.2) is 0 Å². The summed E-state index contributed by atoms with van der Waals surface area (Å²) >= 11 is 11.1. The number of thiocarbonyl (C=S) groups is 1. The van der Waals surface area contributed by atoms with Crippen LogP contribution in [0.1, 0.15) is 25.0 Å². The Morgan fingerprint density at radius 1 is 1.50 bits per heavy atom. The number of benzene rings is 1. The van der Waals surface area contributed by atoms with Crippen molar-refractivity contribution in [3.8, 4) is 0 Å². The molecule has 1 aromatic carbocycles. The Morgan fingerprint density at radius 3 is 2.56 bits per heavy atom. The zero-order chi connectivity index (χ0) is 13.9. The van der Waals surface area contributed by atoms with Gasteiger partial charge >= 0.3 is 0 Å². The number of hydrogen-bond donors (Lipinski definition) is 2. The largest absolute Gasteiger partial charge is 0.389 e. The molecule has 0 bridgehead atoms. The molecule has 3 nitrogen and oxygen atoms in total. The van der Waals surface area contributed by atoms with E-state index in [-0.39, 0.29) is 0 Å². The van der Waals surface area contributed by atoms with Crippen molar-refractivity contribution in [2.24, 2.45) is 5.73 Å². The summed E-state index contributed by atoms with van der Waals surface area (Å²) < 4.78 is 0.